The Morgan fingerprint density at radius 3 is 2.81 bits per heavy atom. The van der Waals surface area contributed by atoms with Gasteiger partial charge in [0.2, 0.25) is 0 Å². The minimum absolute atomic E-state index is 0.538. The zero-order chi connectivity index (χ0) is 11.8. The highest BCUT2D eigenvalue weighted by Crippen LogP contribution is 2.15. The van der Waals surface area contributed by atoms with Crippen LogP contribution in [-0.4, -0.2) is 57.8 Å². The number of nitrogens with zero attached hydrogens (tertiary/aromatic N) is 2. The number of hydrogen-bond acceptors (Lipinski definition) is 3. The molecule has 1 heterocycles. The number of methoxy groups -OCH3 is 1. The molecule has 1 rings (SSSR count). The van der Waals surface area contributed by atoms with Crippen LogP contribution < -0.4 is 11.1 Å². The predicted molar refractivity (Wildman–Crippen MR) is 66.6 cm³/mol. The first-order valence-corrected chi connectivity index (χ1v) is 5.93. The average molecular weight is 228 g/mol. The van der Waals surface area contributed by atoms with E-state index in [1.165, 1.54) is 25.9 Å². The summed E-state index contributed by atoms with van der Waals surface area (Å²) in [5.41, 5.74) is 5.73. The summed E-state index contributed by atoms with van der Waals surface area (Å²) in [5.74, 6) is 1.23. The fourth-order valence-electron chi connectivity index (χ4n) is 1.81. The molecule has 0 aromatic heterocycles. The normalized spacial score (nSPS) is 20.0. The number of ether oxygens (including phenoxy) is 1. The van der Waals surface area contributed by atoms with Crippen molar-refractivity contribution in [1.29, 1.82) is 0 Å². The molecule has 0 atom stereocenters. The second-order valence-electron chi connectivity index (χ2n) is 4.39. The van der Waals surface area contributed by atoms with Gasteiger partial charge in [-0.15, -0.1) is 0 Å². The van der Waals surface area contributed by atoms with Crippen molar-refractivity contribution in [3.63, 3.8) is 0 Å². The molecule has 5 nitrogen and oxygen atoms in total. The van der Waals surface area contributed by atoms with E-state index in [1.807, 2.05) is 0 Å². The number of rotatable bonds is 5. The van der Waals surface area contributed by atoms with Gasteiger partial charge in [-0.1, -0.05) is 0 Å². The van der Waals surface area contributed by atoms with Crippen LogP contribution in [0.15, 0.2) is 4.99 Å². The molecule has 0 aliphatic carbocycles. The topological polar surface area (TPSA) is 62.9 Å². The largest absolute Gasteiger partial charge is 0.383 e. The third-order valence-corrected chi connectivity index (χ3v) is 2.97. The summed E-state index contributed by atoms with van der Waals surface area (Å²) >= 11 is 0. The highest BCUT2D eigenvalue weighted by molar-refractivity contribution is 5.77. The molecule has 0 saturated carbocycles. The Balaban J connectivity index is 2.14. The minimum atomic E-state index is 0.538. The van der Waals surface area contributed by atoms with Gasteiger partial charge in [0.25, 0.3) is 0 Å². The molecule has 0 radical (unpaired) electrons. The van der Waals surface area contributed by atoms with Crippen LogP contribution in [-0.2, 0) is 4.74 Å². The van der Waals surface area contributed by atoms with E-state index in [2.05, 4.69) is 22.3 Å². The fraction of sp³-hybridized carbons (Fsp3) is 0.909. The van der Waals surface area contributed by atoms with Gasteiger partial charge in [-0.2, -0.15) is 0 Å². The molecule has 0 aromatic rings. The standard InChI is InChI=1S/C11H24N4O/c1-15-6-3-10(4-7-15)9-14-11(12)13-5-8-16-2/h10H,3-9H2,1-2H3,(H3,12,13,14). The van der Waals surface area contributed by atoms with Gasteiger partial charge < -0.3 is 20.7 Å². The Labute approximate surface area is 98.0 Å². The molecule has 1 fully saturated rings. The van der Waals surface area contributed by atoms with E-state index in [0.29, 0.717) is 18.5 Å². The van der Waals surface area contributed by atoms with E-state index in [9.17, 15) is 0 Å². The predicted octanol–water partition coefficient (Wildman–Crippen LogP) is -0.121. The molecule has 16 heavy (non-hydrogen) atoms. The van der Waals surface area contributed by atoms with Gasteiger partial charge in [0.05, 0.1) is 6.61 Å². The molecular formula is C11H24N4O. The Hall–Kier alpha value is -0.810. The molecule has 1 saturated heterocycles. The lowest BCUT2D eigenvalue weighted by Crippen LogP contribution is -2.35. The minimum Gasteiger partial charge on any atom is -0.383 e. The van der Waals surface area contributed by atoms with Gasteiger partial charge in [-0.25, -0.2) is 0 Å². The fourth-order valence-corrected chi connectivity index (χ4v) is 1.81. The lowest BCUT2D eigenvalue weighted by molar-refractivity contribution is 0.203. The van der Waals surface area contributed by atoms with Crippen LogP contribution in [0.1, 0.15) is 12.8 Å². The van der Waals surface area contributed by atoms with Crippen molar-refractivity contribution in [2.24, 2.45) is 16.6 Å². The molecule has 1 aliphatic heterocycles. The summed E-state index contributed by atoms with van der Waals surface area (Å²) in [6.07, 6.45) is 2.46. The van der Waals surface area contributed by atoms with Gasteiger partial charge in [0.1, 0.15) is 0 Å². The van der Waals surface area contributed by atoms with Gasteiger partial charge in [-0.3, -0.25) is 4.99 Å². The molecule has 3 N–H and O–H groups in total. The first-order chi connectivity index (χ1) is 7.72. The molecular weight excluding hydrogens is 204 g/mol. The van der Waals surface area contributed by atoms with Crippen molar-refractivity contribution >= 4 is 5.96 Å². The number of nitrogens with two attached hydrogens (primary N) is 1. The van der Waals surface area contributed by atoms with E-state index < -0.39 is 0 Å². The van der Waals surface area contributed by atoms with E-state index in [4.69, 9.17) is 10.5 Å². The Bertz CT molecular complexity index is 212. The Kier molecular flexibility index (Phi) is 6.18. The van der Waals surface area contributed by atoms with E-state index in [1.54, 1.807) is 7.11 Å². The smallest absolute Gasteiger partial charge is 0.188 e. The number of aliphatic imine (C=N–C) groups is 1. The summed E-state index contributed by atoms with van der Waals surface area (Å²) in [7, 11) is 3.84. The second kappa shape index (κ2) is 7.46. The zero-order valence-corrected chi connectivity index (χ0v) is 10.4. The van der Waals surface area contributed by atoms with E-state index in [0.717, 1.165) is 13.1 Å². The summed E-state index contributed by atoms with van der Waals surface area (Å²) in [6, 6.07) is 0. The maximum absolute atomic E-state index is 5.73. The lowest BCUT2D eigenvalue weighted by Gasteiger charge is -2.27. The number of guanidine groups is 1. The Morgan fingerprint density at radius 1 is 1.50 bits per heavy atom. The molecule has 0 spiro atoms. The van der Waals surface area contributed by atoms with Crippen LogP contribution in [0.5, 0.6) is 0 Å². The van der Waals surface area contributed by atoms with Crippen molar-refractivity contribution in [2.45, 2.75) is 12.8 Å². The third-order valence-electron chi connectivity index (χ3n) is 2.97. The summed E-state index contributed by atoms with van der Waals surface area (Å²) < 4.78 is 4.92. The summed E-state index contributed by atoms with van der Waals surface area (Å²) in [6.45, 7) is 4.58. The zero-order valence-electron chi connectivity index (χ0n) is 10.4. The Morgan fingerprint density at radius 2 is 2.19 bits per heavy atom. The van der Waals surface area contributed by atoms with E-state index in [-0.39, 0.29) is 0 Å². The van der Waals surface area contributed by atoms with Crippen LogP contribution in [0.2, 0.25) is 0 Å². The molecule has 1 aliphatic rings. The van der Waals surface area contributed by atoms with Crippen LogP contribution >= 0.6 is 0 Å². The molecule has 0 aromatic carbocycles. The van der Waals surface area contributed by atoms with Gasteiger partial charge >= 0.3 is 0 Å². The maximum Gasteiger partial charge on any atom is 0.188 e. The van der Waals surface area contributed by atoms with Crippen LogP contribution in [0.4, 0.5) is 0 Å². The monoisotopic (exact) mass is 228 g/mol. The highest BCUT2D eigenvalue weighted by Gasteiger charge is 2.15. The van der Waals surface area contributed by atoms with Gasteiger partial charge in [-0.05, 0) is 38.9 Å². The molecule has 94 valence electrons. The van der Waals surface area contributed by atoms with Gasteiger partial charge in [0.15, 0.2) is 5.96 Å². The van der Waals surface area contributed by atoms with Crippen LogP contribution in [0.25, 0.3) is 0 Å². The summed E-state index contributed by atoms with van der Waals surface area (Å²) in [5, 5.41) is 3.02. The van der Waals surface area contributed by atoms with Crippen molar-refractivity contribution in [1.82, 2.24) is 10.2 Å². The molecule has 0 unspecified atom stereocenters. The van der Waals surface area contributed by atoms with Crippen molar-refractivity contribution in [3.8, 4) is 0 Å². The lowest BCUT2D eigenvalue weighted by atomic mass is 9.97. The van der Waals surface area contributed by atoms with Crippen molar-refractivity contribution < 1.29 is 4.74 Å². The SMILES string of the molecule is COCCNC(N)=NCC1CCN(C)CC1. The van der Waals surface area contributed by atoms with E-state index >= 15 is 0 Å². The first-order valence-electron chi connectivity index (χ1n) is 5.93. The van der Waals surface area contributed by atoms with Crippen LogP contribution in [0, 0.1) is 5.92 Å². The van der Waals surface area contributed by atoms with Crippen molar-refractivity contribution in [2.75, 3.05) is 46.9 Å². The first kappa shape index (κ1) is 13.3. The van der Waals surface area contributed by atoms with Gasteiger partial charge in [0, 0.05) is 20.2 Å². The number of likely N-dealkylation sites (tertiary alicyclic amines) is 1. The van der Waals surface area contributed by atoms with Crippen LogP contribution in [0.3, 0.4) is 0 Å². The third kappa shape index (κ3) is 5.32. The number of nitrogens with one attached hydrogen (secondary N) is 1. The summed E-state index contributed by atoms with van der Waals surface area (Å²) in [4.78, 5) is 6.72. The highest BCUT2D eigenvalue weighted by atomic mass is 16.5. The number of piperidine rings is 1. The number of hydrogen-bond donors (Lipinski definition) is 2. The second-order valence-corrected chi connectivity index (χ2v) is 4.39. The maximum atomic E-state index is 5.73. The molecule has 0 bridgehead atoms. The molecule has 5 heteroatoms. The van der Waals surface area contributed by atoms with Crippen molar-refractivity contribution in [3.05, 3.63) is 0 Å². The molecule has 0 amide bonds. The average Bonchev–Trinajstić information content (AvgIpc) is 2.29. The quantitative estimate of drug-likeness (QED) is 0.391.